The van der Waals surface area contributed by atoms with Crippen LogP contribution in [0.25, 0.3) is 0 Å². The van der Waals surface area contributed by atoms with E-state index in [1.165, 1.54) is 29.5 Å². The SMILES string of the molecule is Cc1cc(C)c(C(C)(O)CNC2CC2)c(C)c1. The average Bonchev–Trinajstić information content (AvgIpc) is 2.95. The number of aryl methyl sites for hydroxylation is 3. The highest BCUT2D eigenvalue weighted by molar-refractivity contribution is 5.41. The summed E-state index contributed by atoms with van der Waals surface area (Å²) in [7, 11) is 0. The maximum atomic E-state index is 10.7. The first-order valence-corrected chi connectivity index (χ1v) is 6.44. The van der Waals surface area contributed by atoms with Crippen LogP contribution in [-0.2, 0) is 5.60 Å². The number of hydrogen-bond donors (Lipinski definition) is 2. The molecule has 1 atom stereocenters. The number of rotatable bonds is 4. The van der Waals surface area contributed by atoms with Crippen LogP contribution in [0.15, 0.2) is 12.1 Å². The van der Waals surface area contributed by atoms with E-state index in [1.807, 2.05) is 6.92 Å². The Hall–Kier alpha value is -0.860. The van der Waals surface area contributed by atoms with E-state index < -0.39 is 5.60 Å². The van der Waals surface area contributed by atoms with Gasteiger partial charge in [-0.05, 0) is 57.2 Å². The fraction of sp³-hybridized carbons (Fsp3) is 0.600. The van der Waals surface area contributed by atoms with Crippen LogP contribution in [-0.4, -0.2) is 17.7 Å². The number of aliphatic hydroxyl groups is 1. The molecule has 2 nitrogen and oxygen atoms in total. The fourth-order valence-corrected chi connectivity index (χ4v) is 2.75. The van der Waals surface area contributed by atoms with Crippen molar-refractivity contribution >= 4 is 0 Å². The molecule has 2 rings (SSSR count). The molecule has 1 aliphatic carbocycles. The maximum absolute atomic E-state index is 10.7. The predicted octanol–water partition coefficient (Wildman–Crippen LogP) is 2.57. The van der Waals surface area contributed by atoms with Gasteiger partial charge in [0.05, 0.1) is 5.60 Å². The summed E-state index contributed by atoms with van der Waals surface area (Å²) in [6.07, 6.45) is 2.50. The average molecular weight is 233 g/mol. The Bertz CT molecular complexity index is 396. The molecular formula is C15H23NO. The molecule has 0 aromatic heterocycles. The van der Waals surface area contributed by atoms with Crippen LogP contribution in [0.2, 0.25) is 0 Å². The molecule has 0 amide bonds. The van der Waals surface area contributed by atoms with Crippen LogP contribution in [0.4, 0.5) is 0 Å². The molecule has 2 heteroatoms. The third kappa shape index (κ3) is 2.88. The number of benzene rings is 1. The maximum Gasteiger partial charge on any atom is 0.0997 e. The summed E-state index contributed by atoms with van der Waals surface area (Å²) < 4.78 is 0. The Labute approximate surface area is 104 Å². The lowest BCUT2D eigenvalue weighted by molar-refractivity contribution is 0.0553. The van der Waals surface area contributed by atoms with Crippen LogP contribution >= 0.6 is 0 Å². The molecule has 2 N–H and O–H groups in total. The number of hydrogen-bond acceptors (Lipinski definition) is 2. The van der Waals surface area contributed by atoms with Crippen molar-refractivity contribution in [3.63, 3.8) is 0 Å². The Balaban J connectivity index is 2.23. The molecule has 0 bridgehead atoms. The minimum absolute atomic E-state index is 0.632. The molecule has 94 valence electrons. The van der Waals surface area contributed by atoms with Gasteiger partial charge in [-0.1, -0.05) is 17.7 Å². The molecule has 1 fully saturated rings. The van der Waals surface area contributed by atoms with Crippen molar-refractivity contribution in [3.05, 3.63) is 34.4 Å². The largest absolute Gasteiger partial charge is 0.384 e. The highest BCUT2D eigenvalue weighted by atomic mass is 16.3. The normalized spacial score (nSPS) is 19.1. The summed E-state index contributed by atoms with van der Waals surface area (Å²) in [4.78, 5) is 0. The van der Waals surface area contributed by atoms with E-state index in [9.17, 15) is 5.11 Å². The Morgan fingerprint density at radius 3 is 2.24 bits per heavy atom. The van der Waals surface area contributed by atoms with Gasteiger partial charge in [-0.3, -0.25) is 0 Å². The summed E-state index contributed by atoms with van der Waals surface area (Å²) in [6.45, 7) is 8.82. The van der Waals surface area contributed by atoms with E-state index in [4.69, 9.17) is 0 Å². The van der Waals surface area contributed by atoms with Crippen molar-refractivity contribution in [2.75, 3.05) is 6.54 Å². The lowest BCUT2D eigenvalue weighted by atomic mass is 9.87. The second-order valence-electron chi connectivity index (χ2n) is 5.70. The van der Waals surface area contributed by atoms with Crippen LogP contribution in [0, 0.1) is 20.8 Å². The first kappa shape index (κ1) is 12.6. The molecule has 17 heavy (non-hydrogen) atoms. The second kappa shape index (κ2) is 4.43. The van der Waals surface area contributed by atoms with Gasteiger partial charge in [0.1, 0.15) is 0 Å². The van der Waals surface area contributed by atoms with Crippen LogP contribution < -0.4 is 5.32 Å². The van der Waals surface area contributed by atoms with Crippen molar-refractivity contribution < 1.29 is 5.11 Å². The first-order chi connectivity index (χ1) is 7.90. The van der Waals surface area contributed by atoms with Gasteiger partial charge in [-0.2, -0.15) is 0 Å². The number of nitrogens with one attached hydrogen (secondary N) is 1. The quantitative estimate of drug-likeness (QED) is 0.837. The van der Waals surface area contributed by atoms with Crippen molar-refractivity contribution in [1.82, 2.24) is 5.32 Å². The van der Waals surface area contributed by atoms with Gasteiger partial charge in [-0.25, -0.2) is 0 Å². The summed E-state index contributed by atoms with van der Waals surface area (Å²) in [6, 6.07) is 4.93. The van der Waals surface area contributed by atoms with Gasteiger partial charge in [-0.15, -0.1) is 0 Å². The Kier molecular flexibility index (Phi) is 3.28. The highest BCUT2D eigenvalue weighted by Crippen LogP contribution is 2.29. The molecule has 0 radical (unpaired) electrons. The van der Waals surface area contributed by atoms with Crippen LogP contribution in [0.1, 0.15) is 42.0 Å². The molecule has 0 saturated heterocycles. The van der Waals surface area contributed by atoms with Crippen LogP contribution in [0.3, 0.4) is 0 Å². The van der Waals surface area contributed by atoms with E-state index in [0.29, 0.717) is 12.6 Å². The summed E-state index contributed by atoms with van der Waals surface area (Å²) in [5, 5.41) is 14.1. The van der Waals surface area contributed by atoms with Gasteiger partial charge in [0.25, 0.3) is 0 Å². The molecule has 1 aromatic carbocycles. The zero-order valence-corrected chi connectivity index (χ0v) is 11.3. The molecule has 0 aliphatic heterocycles. The Morgan fingerprint density at radius 2 is 1.76 bits per heavy atom. The smallest absolute Gasteiger partial charge is 0.0997 e. The predicted molar refractivity (Wildman–Crippen MR) is 71.2 cm³/mol. The zero-order valence-electron chi connectivity index (χ0n) is 11.3. The van der Waals surface area contributed by atoms with Gasteiger partial charge in [0.2, 0.25) is 0 Å². The monoisotopic (exact) mass is 233 g/mol. The molecule has 1 aliphatic rings. The van der Waals surface area contributed by atoms with Crippen LogP contribution in [0.5, 0.6) is 0 Å². The minimum Gasteiger partial charge on any atom is -0.384 e. The van der Waals surface area contributed by atoms with Crippen molar-refractivity contribution in [2.45, 2.75) is 52.2 Å². The Morgan fingerprint density at radius 1 is 1.24 bits per heavy atom. The molecule has 0 spiro atoms. The highest BCUT2D eigenvalue weighted by Gasteiger charge is 2.30. The van der Waals surface area contributed by atoms with E-state index in [-0.39, 0.29) is 0 Å². The third-order valence-corrected chi connectivity index (χ3v) is 3.53. The molecule has 0 heterocycles. The van der Waals surface area contributed by atoms with E-state index in [1.54, 1.807) is 0 Å². The summed E-state index contributed by atoms with van der Waals surface area (Å²) in [5.41, 5.74) is 3.94. The fourth-order valence-electron chi connectivity index (χ4n) is 2.75. The topological polar surface area (TPSA) is 32.3 Å². The van der Waals surface area contributed by atoms with Crippen molar-refractivity contribution in [3.8, 4) is 0 Å². The molecule has 1 unspecified atom stereocenters. The van der Waals surface area contributed by atoms with Crippen molar-refractivity contribution in [1.29, 1.82) is 0 Å². The second-order valence-corrected chi connectivity index (χ2v) is 5.70. The van der Waals surface area contributed by atoms with Gasteiger partial charge >= 0.3 is 0 Å². The van der Waals surface area contributed by atoms with E-state index in [0.717, 1.165) is 5.56 Å². The standard InChI is InChI=1S/C15H23NO/c1-10-7-11(2)14(12(3)8-10)15(4,17)9-16-13-5-6-13/h7-8,13,16-17H,5-6,9H2,1-4H3. The van der Waals surface area contributed by atoms with Gasteiger partial charge in [0.15, 0.2) is 0 Å². The van der Waals surface area contributed by atoms with Gasteiger partial charge < -0.3 is 10.4 Å². The first-order valence-electron chi connectivity index (χ1n) is 6.44. The van der Waals surface area contributed by atoms with Crippen molar-refractivity contribution in [2.24, 2.45) is 0 Å². The summed E-state index contributed by atoms with van der Waals surface area (Å²) in [5.74, 6) is 0. The molecule has 1 aromatic rings. The van der Waals surface area contributed by atoms with Gasteiger partial charge in [0, 0.05) is 12.6 Å². The lowest BCUT2D eigenvalue weighted by Gasteiger charge is -2.28. The molecule has 1 saturated carbocycles. The summed E-state index contributed by atoms with van der Waals surface area (Å²) >= 11 is 0. The molecular weight excluding hydrogens is 210 g/mol. The zero-order chi connectivity index (χ0) is 12.6. The van der Waals surface area contributed by atoms with E-state index in [2.05, 4.69) is 38.2 Å². The third-order valence-electron chi connectivity index (χ3n) is 3.53. The lowest BCUT2D eigenvalue weighted by Crippen LogP contribution is -2.37. The van der Waals surface area contributed by atoms with E-state index >= 15 is 0 Å². The minimum atomic E-state index is -0.773.